The fourth-order valence-electron chi connectivity index (χ4n) is 16.5. The number of aromatic nitrogens is 16. The second-order valence-corrected chi connectivity index (χ2v) is 46.6. The number of ether oxygens (including phenoxy) is 5. The number of hydrogen-bond acceptors (Lipinski definition) is 27. The molecular formula is C108H117BBr3Cl3N18O11S3. The number of imidazole rings is 4. The molecule has 0 radical (unpaired) electrons. The number of aryl methyl sites for hydroxylation is 11. The highest BCUT2D eigenvalue weighted by Crippen LogP contribution is 2.50. The van der Waals surface area contributed by atoms with Crippen molar-refractivity contribution in [2.75, 3.05) is 31.3 Å². The first-order chi connectivity index (χ1) is 69.1. The zero-order valence-corrected chi connectivity index (χ0v) is 96.4. The van der Waals surface area contributed by atoms with Gasteiger partial charge in [-0.3, -0.25) is 0 Å². The predicted octanol–water partition coefficient (Wildman–Crippen LogP) is 26.9. The first-order valence-electron chi connectivity index (χ1n) is 47.2. The summed E-state index contributed by atoms with van der Waals surface area (Å²) >= 11 is 33.2. The van der Waals surface area contributed by atoms with Crippen LogP contribution in [-0.2, 0) is 75.6 Å². The molecule has 0 unspecified atom stereocenters. The highest BCUT2D eigenvalue weighted by molar-refractivity contribution is 9.11. The smallest absolute Gasteiger partial charge is 0.479 e. The predicted molar refractivity (Wildman–Crippen MR) is 604 cm³/mol. The first kappa shape index (κ1) is 111. The van der Waals surface area contributed by atoms with E-state index in [0.717, 1.165) is 199 Å². The number of hydrogen-bond donors (Lipinski definition) is 3. The molecule has 768 valence electrons. The number of nitrogens with one attached hydrogen (secondary N) is 1. The summed E-state index contributed by atoms with van der Waals surface area (Å²) in [6, 6.07) is 38.3. The van der Waals surface area contributed by atoms with Gasteiger partial charge in [-0.1, -0.05) is 71.2 Å². The van der Waals surface area contributed by atoms with Gasteiger partial charge < -0.3 is 67.4 Å². The van der Waals surface area contributed by atoms with Crippen molar-refractivity contribution in [2.45, 2.75) is 199 Å². The molecule has 1 fully saturated rings. The van der Waals surface area contributed by atoms with E-state index in [0.29, 0.717) is 32.1 Å². The monoisotopic (exact) mass is 2290 g/mol. The minimum absolute atomic E-state index is 0.258. The third-order valence-electron chi connectivity index (χ3n) is 24.4. The van der Waals surface area contributed by atoms with Crippen LogP contribution in [0.3, 0.4) is 0 Å². The lowest BCUT2D eigenvalue weighted by Crippen LogP contribution is -2.41. The van der Waals surface area contributed by atoms with Gasteiger partial charge in [0.25, 0.3) is 0 Å². The molecule has 0 aliphatic carbocycles. The molecule has 12 aromatic heterocycles. The second kappa shape index (κ2) is 45.3. The molecule has 4 N–H and O–H groups in total. The van der Waals surface area contributed by atoms with Crippen LogP contribution in [0.1, 0.15) is 179 Å². The summed E-state index contributed by atoms with van der Waals surface area (Å²) < 4.78 is 55.0. The zero-order valence-electron chi connectivity index (χ0n) is 86.9. The number of carboxylic acids is 1. The normalized spacial score (nSPS) is 13.6. The molecule has 39 heteroatoms. The van der Waals surface area contributed by atoms with E-state index >= 15 is 0 Å². The van der Waals surface area contributed by atoms with Crippen LogP contribution in [0.4, 0.5) is 11.5 Å². The standard InChI is InChI=1S/C30H31ClN4O3S.C28H27ClN4O3S.C22H23BrClNO3S.C14H20BN3O2.C8H8BrN3.C6H8BrN3/c1-8-37-29(36)25(38-30(4,5)6)23-16(2)13-21-26(24(23)18-9-11-20(31)12-10-18)39-28(34-21)19-14-22-27(32-15-19)35(7)17(3)33-22;1-14-11-19-24(37-26(32-19)17-12-20-25(30-13-17)33(6)15(2)31-20)22(16-7-9-18(29)10-8-16)21(14)23(27(34)35)36-28(3,4)5;1-6-27-20(26)18(28-22(3,4)5)16-12(2)11-15-19(29-21(23)25-15)17(16)13-7-9-14(24)10-8-13;1-9-17-11-7-10(8-16-12(11)18(9)6)15-19-13(2,3)14(4,5)20-15;1-5-11-7-3-6(9)4-10-8(7)12(5)2;1-9-6-5(8)2-4(7)3-10-6/h9-15,25H,8H2,1-7H3;7-13,23H,1-6H3,(H,34,35);7-11,18H,6H2,1-5H3;7-8H,1-6H3;3-4H,1-2H3;2-3H,8H2,1H3,(H,9,10)/t25-;23-;18-;;;/m000.../s1. The van der Waals surface area contributed by atoms with E-state index in [1.807, 2.05) is 300 Å². The SMILES string of the molecule is CCOC(=O)[C@@H](OC(C)(C)C)c1c(C)cc2nc(-c3cnc4c(c3)nc(C)n4C)sc2c1-c1ccc(Cl)cc1.CCOC(=O)[C@@H](OC(C)(C)C)c1c(C)cc2nc(Br)sc2c1-c1ccc(Cl)cc1.CNc1ncc(Br)cc1N.Cc1cc2nc(-c3cnc4c(c3)nc(C)n4C)sc2c(-c2ccc(Cl)cc2)c1[C@H](OC(C)(C)C)C(=O)O.Cc1nc2cc(B3OC(C)(C)C(C)(C)O3)cnc2n1C.Cc1nc2cc(Br)cnc2n1C. The van der Waals surface area contributed by atoms with Crippen LogP contribution in [0.2, 0.25) is 15.1 Å². The second-order valence-electron chi connectivity index (χ2n) is 39.2. The number of fused-ring (bicyclic) bond motifs is 7. The Balaban J connectivity index is 0.000000147. The Bertz CT molecular complexity index is 7970. The number of halogens is 6. The van der Waals surface area contributed by atoms with Crippen LogP contribution in [0, 0.1) is 48.5 Å². The number of carbonyl (C=O) groups is 3. The van der Waals surface area contributed by atoms with Crippen LogP contribution < -0.4 is 16.5 Å². The molecule has 18 aromatic rings. The molecule has 29 nitrogen and oxygen atoms in total. The van der Waals surface area contributed by atoms with Crippen molar-refractivity contribution < 1.29 is 52.5 Å². The number of esters is 2. The van der Waals surface area contributed by atoms with Crippen molar-refractivity contribution in [3.05, 3.63) is 237 Å². The summed E-state index contributed by atoms with van der Waals surface area (Å²) in [6.45, 7) is 43.2. The molecule has 6 aromatic carbocycles. The summed E-state index contributed by atoms with van der Waals surface area (Å²) in [7, 11) is 9.22. The molecule has 1 aliphatic heterocycles. The van der Waals surface area contributed by atoms with Crippen molar-refractivity contribution in [2.24, 2.45) is 28.2 Å². The van der Waals surface area contributed by atoms with E-state index in [1.54, 1.807) is 69.0 Å². The van der Waals surface area contributed by atoms with Crippen LogP contribution in [0.25, 0.3) is 130 Å². The molecule has 147 heavy (non-hydrogen) atoms. The molecule has 0 bridgehead atoms. The average molecular weight is 2300 g/mol. The summed E-state index contributed by atoms with van der Waals surface area (Å²) in [5.41, 5.74) is 25.8. The van der Waals surface area contributed by atoms with E-state index in [4.69, 9.17) is 83.5 Å². The van der Waals surface area contributed by atoms with E-state index < -0.39 is 53.0 Å². The maximum Gasteiger partial charge on any atom is 0.496 e. The molecule has 1 saturated heterocycles. The lowest BCUT2D eigenvalue weighted by atomic mass is 9.80. The number of thiazole rings is 3. The molecule has 19 rings (SSSR count). The van der Waals surface area contributed by atoms with E-state index in [2.05, 4.69) is 103 Å². The largest absolute Gasteiger partial charge is 0.496 e. The lowest BCUT2D eigenvalue weighted by molar-refractivity contribution is -0.167. The van der Waals surface area contributed by atoms with Gasteiger partial charge in [0.2, 0.25) is 0 Å². The summed E-state index contributed by atoms with van der Waals surface area (Å²) in [4.78, 5) is 93.5. The molecule has 0 amide bonds. The maximum absolute atomic E-state index is 13.3. The topological polar surface area (TPSA) is 348 Å². The Morgan fingerprint density at radius 3 is 1.11 bits per heavy atom. The van der Waals surface area contributed by atoms with Gasteiger partial charge in [0.15, 0.2) is 44.8 Å². The van der Waals surface area contributed by atoms with Gasteiger partial charge in [-0.25, -0.2) is 74.2 Å². The lowest BCUT2D eigenvalue weighted by Gasteiger charge is -2.32. The number of nitrogen functional groups attached to an aromatic ring is 1. The first-order valence-corrected chi connectivity index (χ1v) is 53.2. The van der Waals surface area contributed by atoms with Gasteiger partial charge in [0, 0.05) is 140 Å². The third kappa shape index (κ3) is 25.4. The molecular weight excluding hydrogens is 2180 g/mol. The summed E-state index contributed by atoms with van der Waals surface area (Å²) in [6.07, 6.45) is 6.00. The fourth-order valence-corrected chi connectivity index (χ4v) is 21.3. The summed E-state index contributed by atoms with van der Waals surface area (Å²) in [5.74, 6) is 2.55. The number of aliphatic carboxylic acids is 1. The number of nitrogens with two attached hydrogens (primary N) is 1. The average Bonchev–Trinajstić information content (AvgIpc) is 1.65. The van der Waals surface area contributed by atoms with Gasteiger partial charge in [0.05, 0.1) is 77.6 Å². The van der Waals surface area contributed by atoms with Gasteiger partial charge in [-0.15, -0.1) is 34.0 Å². The van der Waals surface area contributed by atoms with Gasteiger partial charge in [0.1, 0.15) is 61.2 Å². The van der Waals surface area contributed by atoms with Crippen molar-refractivity contribution in [1.82, 2.24) is 78.1 Å². The number of pyridine rings is 5. The van der Waals surface area contributed by atoms with Crippen LogP contribution in [-0.4, -0.2) is 156 Å². The maximum atomic E-state index is 13.3. The fraction of sp³-hybridized carbons (Fsp3) is 0.343. The third-order valence-corrected chi connectivity index (χ3v) is 29.9. The van der Waals surface area contributed by atoms with Crippen molar-refractivity contribution in [1.29, 1.82) is 0 Å². The Hall–Kier alpha value is -11.2. The number of nitrogens with zero attached hydrogens (tertiary/aromatic N) is 16. The molecule has 3 atom stereocenters. The Morgan fingerprint density at radius 1 is 0.435 bits per heavy atom. The molecule has 0 saturated carbocycles. The van der Waals surface area contributed by atoms with Crippen molar-refractivity contribution in [3.63, 3.8) is 0 Å². The molecule has 0 spiro atoms. The van der Waals surface area contributed by atoms with E-state index in [-0.39, 0.29) is 31.5 Å². The van der Waals surface area contributed by atoms with Crippen molar-refractivity contribution in [3.8, 4) is 54.5 Å². The Kier molecular flexibility index (Phi) is 34.4. The zero-order chi connectivity index (χ0) is 107. The van der Waals surface area contributed by atoms with Gasteiger partial charge in [-0.05, 0) is 318 Å². The number of benzene rings is 6. The van der Waals surface area contributed by atoms with E-state index in [1.165, 1.54) is 22.7 Å². The minimum atomic E-state index is -1.16. The number of carboxylic acid groups (broad SMARTS) is 1. The molecule has 13 heterocycles. The molecule has 1 aliphatic rings. The van der Waals surface area contributed by atoms with Crippen LogP contribution in [0.15, 0.2) is 165 Å². The van der Waals surface area contributed by atoms with Gasteiger partial charge >= 0.3 is 25.0 Å². The summed E-state index contributed by atoms with van der Waals surface area (Å²) in [5, 5.41) is 16.6. The number of anilines is 2. The minimum Gasteiger partial charge on any atom is -0.479 e. The highest BCUT2D eigenvalue weighted by Gasteiger charge is 2.52. The van der Waals surface area contributed by atoms with Crippen LogP contribution in [0.5, 0.6) is 0 Å². The number of rotatable bonds is 18. The van der Waals surface area contributed by atoms with Crippen molar-refractivity contribution >= 4 is 234 Å². The highest BCUT2D eigenvalue weighted by atomic mass is 79.9. The Morgan fingerprint density at radius 2 is 0.755 bits per heavy atom. The van der Waals surface area contributed by atoms with Gasteiger partial charge in [-0.2, -0.15) is 0 Å². The quantitative estimate of drug-likeness (QED) is 0.0530. The van der Waals surface area contributed by atoms with E-state index in [9.17, 15) is 19.5 Å². The van der Waals surface area contributed by atoms with Crippen LogP contribution >= 0.6 is 117 Å². The Labute approximate surface area is 906 Å². The number of carbonyl (C=O) groups excluding carboxylic acids is 2.